The molecule has 1 saturated carbocycles. The van der Waals surface area contributed by atoms with Crippen LogP contribution in [-0.4, -0.2) is 49.1 Å². The van der Waals surface area contributed by atoms with Crippen LogP contribution in [0.5, 0.6) is 0 Å². The molecule has 0 N–H and O–H groups in total. The van der Waals surface area contributed by atoms with Crippen LogP contribution in [0, 0.1) is 11.3 Å². The normalized spacial score (nSPS) is 33.0. The van der Waals surface area contributed by atoms with E-state index in [9.17, 15) is 65.9 Å². The monoisotopic (exact) mass is 410 g/mol. The first-order chi connectivity index (χ1) is 10.8. The molecule has 0 aliphatic heterocycles. The molecule has 0 saturated heterocycles. The quantitative estimate of drug-likeness (QED) is 0.544. The van der Waals surface area contributed by atoms with Gasteiger partial charge >= 0.3 is 23.9 Å². The van der Waals surface area contributed by atoms with E-state index in [-0.39, 0.29) is 0 Å². The summed E-state index contributed by atoms with van der Waals surface area (Å²) in [6, 6.07) is 0. The molecule has 1 aliphatic carbocycles. The van der Waals surface area contributed by atoms with Crippen molar-refractivity contribution in [1.82, 2.24) is 0 Å². The average Bonchev–Trinajstić information content (AvgIpc) is 2.47. The van der Waals surface area contributed by atoms with E-state index in [0.29, 0.717) is 0 Å². The van der Waals surface area contributed by atoms with Crippen LogP contribution in [0.15, 0.2) is 0 Å². The Morgan fingerprint density at radius 2 is 0.640 bits per heavy atom. The summed E-state index contributed by atoms with van der Waals surface area (Å²) in [4.78, 5) is 0. The largest absolute Gasteiger partial charge is 0.418 e. The molecule has 0 nitrogen and oxygen atoms in total. The van der Waals surface area contributed by atoms with Crippen LogP contribution in [0.25, 0.3) is 0 Å². The van der Waals surface area contributed by atoms with Gasteiger partial charge in [0, 0.05) is 0 Å². The Balaban J connectivity index is 3.82. The third-order valence-electron chi connectivity index (χ3n) is 3.79. The van der Waals surface area contributed by atoms with Crippen LogP contribution >= 0.6 is 0 Å². The fourth-order valence-corrected chi connectivity index (χ4v) is 2.62. The molecule has 0 bridgehead atoms. The van der Waals surface area contributed by atoms with Gasteiger partial charge in [-0.15, -0.1) is 0 Å². The number of halogens is 15. The maximum Gasteiger partial charge on any atom is 0.418 e. The molecule has 0 radical (unpaired) electrons. The van der Waals surface area contributed by atoms with E-state index in [4.69, 9.17) is 0 Å². The minimum absolute atomic E-state index is 3.97. The maximum absolute atomic E-state index is 13.8. The molecule has 0 aromatic carbocycles. The van der Waals surface area contributed by atoms with Crippen molar-refractivity contribution in [3.05, 3.63) is 0 Å². The SMILES string of the molecule is FC1C(F)C(F)C(C(F)(F)C(C(F)(F)F)(C(F)(F)F)C(F)(F)F)C1F. The van der Waals surface area contributed by atoms with Gasteiger partial charge in [0.25, 0.3) is 5.92 Å². The van der Waals surface area contributed by atoms with E-state index < -0.39 is 60.5 Å². The topological polar surface area (TPSA) is 0 Å². The van der Waals surface area contributed by atoms with Crippen LogP contribution in [0.4, 0.5) is 65.9 Å². The lowest BCUT2D eigenvalue weighted by Gasteiger charge is -2.45. The molecule has 0 aromatic rings. The van der Waals surface area contributed by atoms with Crippen molar-refractivity contribution in [2.45, 2.75) is 49.1 Å². The van der Waals surface area contributed by atoms with Gasteiger partial charge in [0.1, 0.15) is 12.3 Å². The predicted octanol–water partition coefficient (Wildman–Crippen LogP) is 5.28. The zero-order chi connectivity index (χ0) is 20.4. The molecule has 15 heteroatoms. The van der Waals surface area contributed by atoms with Gasteiger partial charge in [-0.25, -0.2) is 26.3 Å². The standard InChI is InChI=1S/C10H5F15/c11-2-1(3(12)5(14)4(2)13)6(15,16)7(8(17,18)19,9(20,21)22)10(23,24)25/h1-5H. The zero-order valence-electron chi connectivity index (χ0n) is 11.1. The fraction of sp³-hybridized carbons (Fsp3) is 1.00. The third kappa shape index (κ3) is 2.71. The Labute approximate surface area is 128 Å². The molecule has 150 valence electrons. The van der Waals surface area contributed by atoms with Gasteiger partial charge in [0.2, 0.25) is 0 Å². The van der Waals surface area contributed by atoms with Crippen molar-refractivity contribution in [2.24, 2.45) is 11.3 Å². The Bertz CT molecular complexity index is 434. The van der Waals surface area contributed by atoms with Gasteiger partial charge in [-0.3, -0.25) is 0 Å². The molecule has 4 atom stereocenters. The summed E-state index contributed by atoms with van der Waals surface area (Å²) in [6.07, 6.45) is -40.3. The van der Waals surface area contributed by atoms with Crippen molar-refractivity contribution in [3.8, 4) is 0 Å². The summed E-state index contributed by atoms with van der Waals surface area (Å²) in [6.45, 7) is 0. The Morgan fingerprint density at radius 3 is 0.840 bits per heavy atom. The second-order valence-corrected chi connectivity index (χ2v) is 5.17. The highest BCUT2D eigenvalue weighted by molar-refractivity contribution is 5.16. The highest BCUT2D eigenvalue weighted by Crippen LogP contribution is 2.69. The Kier molecular flexibility index (Phi) is 5.04. The van der Waals surface area contributed by atoms with Crippen LogP contribution in [0.1, 0.15) is 0 Å². The number of hydrogen-bond acceptors (Lipinski definition) is 0. The first-order valence-electron chi connectivity index (χ1n) is 5.91. The Hall–Kier alpha value is -1.05. The molecule has 25 heavy (non-hydrogen) atoms. The van der Waals surface area contributed by atoms with Crippen LogP contribution in [0.2, 0.25) is 0 Å². The molecule has 4 unspecified atom stereocenters. The molecule has 0 aromatic heterocycles. The van der Waals surface area contributed by atoms with Crippen LogP contribution in [0.3, 0.4) is 0 Å². The van der Waals surface area contributed by atoms with E-state index in [0.717, 1.165) is 0 Å². The molecular weight excluding hydrogens is 405 g/mol. The minimum atomic E-state index is -7.94. The van der Waals surface area contributed by atoms with Gasteiger partial charge in [0.05, 0.1) is 5.92 Å². The van der Waals surface area contributed by atoms with Crippen molar-refractivity contribution in [1.29, 1.82) is 0 Å². The maximum atomic E-state index is 13.8. The predicted molar refractivity (Wildman–Crippen MR) is 48.6 cm³/mol. The molecular formula is C10H5F15. The molecule has 1 fully saturated rings. The second-order valence-electron chi connectivity index (χ2n) is 5.17. The fourth-order valence-electron chi connectivity index (χ4n) is 2.62. The van der Waals surface area contributed by atoms with E-state index in [1.165, 1.54) is 0 Å². The Morgan fingerprint density at radius 1 is 0.400 bits per heavy atom. The van der Waals surface area contributed by atoms with Gasteiger partial charge in [0.15, 0.2) is 12.3 Å². The molecule has 0 amide bonds. The van der Waals surface area contributed by atoms with Crippen molar-refractivity contribution in [2.75, 3.05) is 0 Å². The van der Waals surface area contributed by atoms with Crippen molar-refractivity contribution < 1.29 is 65.9 Å². The first kappa shape index (κ1) is 22.0. The van der Waals surface area contributed by atoms with Gasteiger partial charge < -0.3 is 0 Å². The molecule has 1 rings (SSSR count). The summed E-state index contributed by atoms with van der Waals surface area (Å²) in [7, 11) is 0. The van der Waals surface area contributed by atoms with E-state index in [1.807, 2.05) is 0 Å². The van der Waals surface area contributed by atoms with Crippen molar-refractivity contribution in [3.63, 3.8) is 0 Å². The van der Waals surface area contributed by atoms with Crippen LogP contribution < -0.4 is 0 Å². The van der Waals surface area contributed by atoms with Gasteiger partial charge in [-0.2, -0.15) is 39.5 Å². The summed E-state index contributed by atoms with van der Waals surface area (Å²) >= 11 is 0. The average molecular weight is 410 g/mol. The zero-order valence-corrected chi connectivity index (χ0v) is 11.1. The summed E-state index contributed by atoms with van der Waals surface area (Å²) in [5.41, 5.74) is -7.94. The summed E-state index contributed by atoms with van der Waals surface area (Å²) in [5.74, 6) is -12.2. The lowest BCUT2D eigenvalue weighted by atomic mass is 9.71. The molecule has 0 spiro atoms. The van der Waals surface area contributed by atoms with E-state index in [2.05, 4.69) is 0 Å². The number of rotatable bonds is 2. The minimum Gasteiger partial charge on any atom is -0.243 e. The summed E-state index contributed by atoms with van der Waals surface area (Å²) < 4.78 is 193. The summed E-state index contributed by atoms with van der Waals surface area (Å²) in [5, 5.41) is 0. The van der Waals surface area contributed by atoms with E-state index in [1.54, 1.807) is 0 Å². The van der Waals surface area contributed by atoms with Crippen LogP contribution in [-0.2, 0) is 0 Å². The highest BCUT2D eigenvalue weighted by Gasteiger charge is 2.95. The first-order valence-corrected chi connectivity index (χ1v) is 5.91. The van der Waals surface area contributed by atoms with Gasteiger partial charge in [-0.1, -0.05) is 0 Å². The number of hydrogen-bond donors (Lipinski definition) is 0. The molecule has 0 heterocycles. The van der Waals surface area contributed by atoms with Gasteiger partial charge in [-0.05, 0) is 0 Å². The second kappa shape index (κ2) is 5.72. The van der Waals surface area contributed by atoms with E-state index >= 15 is 0 Å². The lowest BCUT2D eigenvalue weighted by Crippen LogP contribution is -2.71. The molecule has 1 aliphatic rings. The highest BCUT2D eigenvalue weighted by atomic mass is 19.4. The smallest absolute Gasteiger partial charge is 0.243 e. The lowest BCUT2D eigenvalue weighted by molar-refractivity contribution is -0.484. The van der Waals surface area contributed by atoms with Crippen molar-refractivity contribution >= 4 is 0 Å². The third-order valence-corrected chi connectivity index (χ3v) is 3.79. The number of alkyl halides is 15.